The lowest BCUT2D eigenvalue weighted by atomic mass is 9.97. The zero-order chi connectivity index (χ0) is 17.4. The van der Waals surface area contributed by atoms with Crippen molar-refractivity contribution >= 4 is 23.8 Å². The number of pyridine rings is 1. The maximum absolute atomic E-state index is 12.6. The molecule has 4 rings (SSSR count). The first-order chi connectivity index (χ1) is 12.2. The third-order valence-electron chi connectivity index (χ3n) is 4.40. The van der Waals surface area contributed by atoms with Gasteiger partial charge < -0.3 is 30.8 Å². The zero-order valence-electron chi connectivity index (χ0n) is 13.4. The first-order valence-electron chi connectivity index (χ1n) is 7.88. The van der Waals surface area contributed by atoms with Crippen LogP contribution in [-0.2, 0) is 13.0 Å². The van der Waals surface area contributed by atoms with Crippen LogP contribution in [0.1, 0.15) is 16.7 Å². The summed E-state index contributed by atoms with van der Waals surface area (Å²) in [5, 5.41) is 10.4. The van der Waals surface area contributed by atoms with E-state index in [0.717, 1.165) is 11.1 Å². The van der Waals surface area contributed by atoms with Gasteiger partial charge in [-0.2, -0.15) is 0 Å². The molecule has 0 aliphatic carbocycles. The molecule has 2 aliphatic heterocycles. The molecule has 0 saturated carbocycles. The summed E-state index contributed by atoms with van der Waals surface area (Å²) in [6.07, 6.45) is 3.54. The molecule has 0 bridgehead atoms. The molecule has 1 aromatic heterocycles. The van der Waals surface area contributed by atoms with Crippen LogP contribution in [0.25, 0.3) is 0 Å². The Hall–Kier alpha value is -3.29. The third-order valence-corrected chi connectivity index (χ3v) is 4.40. The fourth-order valence-electron chi connectivity index (χ4n) is 3.10. The second kappa shape index (κ2) is 5.97. The van der Waals surface area contributed by atoms with E-state index in [1.807, 2.05) is 0 Å². The maximum atomic E-state index is 12.6. The van der Waals surface area contributed by atoms with Crippen molar-refractivity contribution in [1.82, 2.24) is 9.88 Å². The number of nitrogens with one attached hydrogen (secondary N) is 2. The molecular formula is C17H17N5O3. The van der Waals surface area contributed by atoms with Crippen LogP contribution in [0.3, 0.4) is 0 Å². The molecule has 3 heterocycles. The number of fused-ring (bicyclic) bond motifs is 2. The standard InChI is InChI=1S/C17H17N5O3/c18-6-13-12-3-4-22(8-10(12)7-20-16(13)19)17(23)21-11-1-2-14-15(5-11)25-9-24-14/h1-2,5-7,18H,3-4,8-9H2,(H2,19,20)(H,21,23). The summed E-state index contributed by atoms with van der Waals surface area (Å²) in [7, 11) is 0. The van der Waals surface area contributed by atoms with Crippen LogP contribution in [0.2, 0.25) is 0 Å². The number of hydrogen-bond donors (Lipinski definition) is 3. The van der Waals surface area contributed by atoms with Gasteiger partial charge in [-0.25, -0.2) is 9.78 Å². The summed E-state index contributed by atoms with van der Waals surface area (Å²) in [6, 6.07) is 5.09. The van der Waals surface area contributed by atoms with Crippen molar-refractivity contribution in [3.05, 3.63) is 41.1 Å². The number of urea groups is 1. The minimum atomic E-state index is -0.197. The second-order valence-electron chi connectivity index (χ2n) is 5.87. The van der Waals surface area contributed by atoms with Crippen molar-refractivity contribution in [3.63, 3.8) is 0 Å². The number of ether oxygens (including phenoxy) is 2. The van der Waals surface area contributed by atoms with Gasteiger partial charge in [0, 0.05) is 42.8 Å². The molecule has 0 atom stereocenters. The topological polar surface area (TPSA) is 114 Å². The summed E-state index contributed by atoms with van der Waals surface area (Å²) in [5.74, 6) is 1.65. The van der Waals surface area contributed by atoms with Crippen molar-refractivity contribution in [3.8, 4) is 11.5 Å². The average Bonchev–Trinajstić information content (AvgIpc) is 3.09. The number of nitrogens with zero attached hydrogens (tertiary/aromatic N) is 2. The Balaban J connectivity index is 1.50. The molecule has 8 heteroatoms. The van der Waals surface area contributed by atoms with Crippen LogP contribution in [0.5, 0.6) is 11.5 Å². The van der Waals surface area contributed by atoms with E-state index >= 15 is 0 Å². The largest absolute Gasteiger partial charge is 0.454 e. The molecule has 25 heavy (non-hydrogen) atoms. The van der Waals surface area contributed by atoms with Gasteiger partial charge in [0.25, 0.3) is 0 Å². The Kier molecular flexibility index (Phi) is 3.64. The Morgan fingerprint density at radius 2 is 2.20 bits per heavy atom. The summed E-state index contributed by atoms with van der Waals surface area (Å²) >= 11 is 0. The van der Waals surface area contributed by atoms with Gasteiger partial charge in [-0.05, 0) is 29.7 Å². The third kappa shape index (κ3) is 2.71. The van der Waals surface area contributed by atoms with Gasteiger partial charge in [0.05, 0.1) is 0 Å². The molecule has 2 aliphatic rings. The van der Waals surface area contributed by atoms with Gasteiger partial charge in [0.2, 0.25) is 6.79 Å². The molecule has 128 valence electrons. The van der Waals surface area contributed by atoms with Crippen LogP contribution in [0.15, 0.2) is 24.4 Å². The van der Waals surface area contributed by atoms with E-state index in [1.54, 1.807) is 29.3 Å². The quantitative estimate of drug-likeness (QED) is 0.724. The minimum Gasteiger partial charge on any atom is -0.454 e. The molecule has 8 nitrogen and oxygen atoms in total. The lowest BCUT2D eigenvalue weighted by Crippen LogP contribution is -2.39. The number of rotatable bonds is 2. The summed E-state index contributed by atoms with van der Waals surface area (Å²) in [6.45, 7) is 1.18. The fourth-order valence-corrected chi connectivity index (χ4v) is 3.10. The lowest BCUT2D eigenvalue weighted by molar-refractivity contribution is 0.174. The van der Waals surface area contributed by atoms with E-state index in [-0.39, 0.29) is 12.8 Å². The van der Waals surface area contributed by atoms with E-state index in [9.17, 15) is 4.79 Å². The predicted molar refractivity (Wildman–Crippen MR) is 92.2 cm³/mol. The van der Waals surface area contributed by atoms with Crippen LogP contribution >= 0.6 is 0 Å². The highest BCUT2D eigenvalue weighted by Gasteiger charge is 2.24. The van der Waals surface area contributed by atoms with Crippen LogP contribution in [0, 0.1) is 5.41 Å². The normalized spacial score (nSPS) is 14.8. The van der Waals surface area contributed by atoms with Crippen LogP contribution in [0.4, 0.5) is 16.3 Å². The minimum absolute atomic E-state index is 0.196. The highest BCUT2D eigenvalue weighted by atomic mass is 16.7. The van der Waals surface area contributed by atoms with Gasteiger partial charge >= 0.3 is 6.03 Å². The van der Waals surface area contributed by atoms with Gasteiger partial charge in [-0.1, -0.05) is 0 Å². The SMILES string of the molecule is N=Cc1c(N)ncc2c1CCN(C(=O)Nc1ccc3c(c1)OCO3)C2. The Labute approximate surface area is 144 Å². The molecule has 0 saturated heterocycles. The van der Waals surface area contributed by atoms with Crippen LogP contribution in [-0.4, -0.2) is 35.5 Å². The van der Waals surface area contributed by atoms with Crippen molar-refractivity contribution in [1.29, 1.82) is 5.41 Å². The number of carbonyl (C=O) groups is 1. The van der Waals surface area contributed by atoms with Gasteiger partial charge in [-0.15, -0.1) is 0 Å². The van der Waals surface area contributed by atoms with Crippen LogP contribution < -0.4 is 20.5 Å². The average molecular weight is 339 g/mol. The van der Waals surface area contributed by atoms with E-state index in [4.69, 9.17) is 20.6 Å². The summed E-state index contributed by atoms with van der Waals surface area (Å²) < 4.78 is 10.6. The number of aromatic nitrogens is 1. The number of hydrogen-bond acceptors (Lipinski definition) is 6. The predicted octanol–water partition coefficient (Wildman–Crippen LogP) is 1.98. The van der Waals surface area contributed by atoms with E-state index in [1.165, 1.54) is 6.21 Å². The van der Waals surface area contributed by atoms with Gasteiger partial charge in [-0.3, -0.25) is 0 Å². The van der Waals surface area contributed by atoms with Crippen molar-refractivity contribution in [2.24, 2.45) is 0 Å². The molecule has 0 spiro atoms. The molecular weight excluding hydrogens is 322 g/mol. The number of anilines is 2. The number of nitrogens with two attached hydrogens (primary N) is 1. The van der Waals surface area contributed by atoms with Crippen molar-refractivity contribution < 1.29 is 14.3 Å². The van der Waals surface area contributed by atoms with Gasteiger partial charge in [0.1, 0.15) is 5.82 Å². The molecule has 2 aromatic rings. The Morgan fingerprint density at radius 3 is 3.04 bits per heavy atom. The van der Waals surface area contributed by atoms with E-state index in [0.29, 0.717) is 48.1 Å². The highest BCUT2D eigenvalue weighted by Crippen LogP contribution is 2.34. The zero-order valence-corrected chi connectivity index (χ0v) is 13.4. The molecule has 0 radical (unpaired) electrons. The maximum Gasteiger partial charge on any atom is 0.322 e. The number of carbonyl (C=O) groups excluding carboxylic acids is 1. The molecule has 0 unspecified atom stereocenters. The summed E-state index contributed by atoms with van der Waals surface area (Å²) in [5.41, 5.74) is 9.03. The monoisotopic (exact) mass is 339 g/mol. The smallest absolute Gasteiger partial charge is 0.322 e. The van der Waals surface area contributed by atoms with E-state index in [2.05, 4.69) is 10.3 Å². The first kappa shape index (κ1) is 15.3. The lowest BCUT2D eigenvalue weighted by Gasteiger charge is -2.29. The summed E-state index contributed by atoms with van der Waals surface area (Å²) in [4.78, 5) is 18.4. The first-order valence-corrected chi connectivity index (χ1v) is 7.88. The van der Waals surface area contributed by atoms with Crippen molar-refractivity contribution in [2.45, 2.75) is 13.0 Å². The second-order valence-corrected chi connectivity index (χ2v) is 5.87. The van der Waals surface area contributed by atoms with Crippen molar-refractivity contribution in [2.75, 3.05) is 24.4 Å². The Morgan fingerprint density at radius 1 is 1.36 bits per heavy atom. The highest BCUT2D eigenvalue weighted by molar-refractivity contribution is 5.90. The number of nitrogen functional groups attached to an aromatic ring is 1. The molecule has 0 fully saturated rings. The number of amides is 2. The fraction of sp³-hybridized carbons (Fsp3) is 0.235. The molecule has 4 N–H and O–H groups in total. The molecule has 1 aromatic carbocycles. The van der Waals surface area contributed by atoms with Gasteiger partial charge in [0.15, 0.2) is 11.5 Å². The molecule has 2 amide bonds. The van der Waals surface area contributed by atoms with E-state index < -0.39 is 0 Å². The number of benzene rings is 1. The Bertz CT molecular complexity index is 868.